The molecule has 2 aliphatic rings. The normalized spacial score (nSPS) is 21.0. The van der Waals surface area contributed by atoms with Gasteiger partial charge in [-0.05, 0) is 76.1 Å². The minimum Gasteiger partial charge on any atom is -0.478 e. The van der Waals surface area contributed by atoms with Crippen molar-refractivity contribution in [2.75, 3.05) is 25.0 Å². The maximum Gasteiger partial charge on any atom is 0.336 e. The first-order chi connectivity index (χ1) is 19.0. The lowest BCUT2D eigenvalue weighted by atomic mass is 9.89. The summed E-state index contributed by atoms with van der Waals surface area (Å²) in [5.74, 6) is -8.40. The lowest BCUT2D eigenvalue weighted by Crippen LogP contribution is -2.45. The van der Waals surface area contributed by atoms with Gasteiger partial charge in [0.15, 0.2) is 0 Å². The zero-order valence-electron chi connectivity index (χ0n) is 22.2. The van der Waals surface area contributed by atoms with Crippen LogP contribution >= 0.6 is 20.1 Å². The minimum atomic E-state index is -2.42. The molecule has 4 rings (SSSR count). The molecular weight excluding hydrogens is 576 g/mol. The van der Waals surface area contributed by atoms with Crippen LogP contribution in [0.3, 0.4) is 0 Å². The Morgan fingerprint density at radius 1 is 0.732 bits per heavy atom. The fourth-order valence-corrected chi connectivity index (χ4v) is 9.96. The van der Waals surface area contributed by atoms with E-state index in [2.05, 4.69) is 0 Å². The van der Waals surface area contributed by atoms with Gasteiger partial charge in [-0.2, -0.15) is 20.1 Å². The quantitative estimate of drug-likeness (QED) is 0.253. The fraction of sp³-hybridized carbons (Fsp3) is 0.214. The van der Waals surface area contributed by atoms with Gasteiger partial charge in [0.05, 0.1) is 22.3 Å². The van der Waals surface area contributed by atoms with E-state index in [9.17, 15) is 49.2 Å². The second kappa shape index (κ2) is 9.93. The summed E-state index contributed by atoms with van der Waals surface area (Å²) < 4.78 is 3.60. The van der Waals surface area contributed by atoms with Crippen molar-refractivity contribution in [2.45, 2.75) is 14.5 Å². The van der Waals surface area contributed by atoms with Crippen molar-refractivity contribution >= 4 is 55.9 Å². The van der Waals surface area contributed by atoms with E-state index < -0.39 is 77.7 Å². The summed E-state index contributed by atoms with van der Waals surface area (Å²) in [5.41, 5.74) is -1.63. The van der Waals surface area contributed by atoms with Crippen molar-refractivity contribution in [2.24, 2.45) is 5.92 Å². The van der Waals surface area contributed by atoms with E-state index in [1.807, 2.05) is 12.5 Å². The van der Waals surface area contributed by atoms with E-state index in [0.29, 0.717) is 14.7 Å². The molecule has 41 heavy (non-hydrogen) atoms. The number of carbonyl (C=O) groups is 6. The average molecular weight is 603 g/mol. The van der Waals surface area contributed by atoms with E-state index >= 15 is 0 Å². The van der Waals surface area contributed by atoms with Crippen LogP contribution in [0.4, 0.5) is 0 Å². The van der Waals surface area contributed by atoms with Crippen LogP contribution < -0.4 is 0 Å². The van der Waals surface area contributed by atoms with Crippen molar-refractivity contribution in [3.63, 3.8) is 0 Å². The number of allylic oxidation sites excluding steroid dienone is 1. The van der Waals surface area contributed by atoms with Crippen molar-refractivity contribution in [3.05, 3.63) is 81.8 Å². The smallest absolute Gasteiger partial charge is 0.336 e. The molecule has 0 radical (unpaired) electrons. The molecule has 11 nitrogen and oxygen atoms in total. The van der Waals surface area contributed by atoms with Gasteiger partial charge in [0, 0.05) is 0 Å². The summed E-state index contributed by atoms with van der Waals surface area (Å²) in [6.45, 7) is 0. The standard InChI is InChI=1S/C28H26O11S2/c1-40(2,14-5-7-17(22(29)30)19(11-14)24(33)34)15-9-10-28(21(13-15)26(37)39-27(28)38)41(3,4)16-6-8-18(23(31)32)20(12-16)25(35)36/h5-13,21H,1-4H3,(H,29,30)(H,31,32)(H,33,34)(H,35,36). The van der Waals surface area contributed by atoms with Crippen LogP contribution in [-0.4, -0.2) is 86.0 Å². The Kier molecular flexibility index (Phi) is 7.17. The topological polar surface area (TPSA) is 193 Å². The van der Waals surface area contributed by atoms with Crippen molar-refractivity contribution in [1.29, 1.82) is 0 Å². The van der Waals surface area contributed by atoms with Crippen LogP contribution in [0, 0.1) is 5.92 Å². The first kappa shape index (κ1) is 29.6. The van der Waals surface area contributed by atoms with Gasteiger partial charge in [-0.3, -0.25) is 4.79 Å². The molecular formula is C28H26O11S2. The Morgan fingerprint density at radius 2 is 1.20 bits per heavy atom. The highest BCUT2D eigenvalue weighted by Gasteiger charge is 2.63. The largest absolute Gasteiger partial charge is 0.478 e. The van der Waals surface area contributed by atoms with Crippen LogP contribution in [0.2, 0.25) is 0 Å². The molecule has 1 aliphatic heterocycles. The van der Waals surface area contributed by atoms with E-state index in [1.165, 1.54) is 30.3 Å². The van der Waals surface area contributed by atoms with E-state index in [0.717, 1.165) is 6.07 Å². The predicted molar refractivity (Wildman–Crippen MR) is 151 cm³/mol. The molecule has 2 aromatic carbocycles. The van der Waals surface area contributed by atoms with Crippen molar-refractivity contribution in [1.82, 2.24) is 0 Å². The van der Waals surface area contributed by atoms with Crippen molar-refractivity contribution < 1.29 is 53.9 Å². The molecule has 0 spiro atoms. The SMILES string of the molecule is CS(C)(C1=CC2C(=O)OC(=O)C2(S(C)(C)c2ccc(C(=O)O)c(C(=O)O)c2)C=C1)c1ccc(C(=O)O)c(C(=O)O)c1. The van der Waals surface area contributed by atoms with E-state index in [-0.39, 0.29) is 11.1 Å². The Morgan fingerprint density at radius 3 is 1.68 bits per heavy atom. The predicted octanol–water partition coefficient (Wildman–Crippen LogP) is 3.92. The Labute approximate surface area is 236 Å². The molecule has 0 aromatic heterocycles. The minimum absolute atomic E-state index is 0.367. The zero-order valence-corrected chi connectivity index (χ0v) is 23.9. The maximum atomic E-state index is 13.4. The molecule has 2 aromatic rings. The molecule has 4 N–H and O–H groups in total. The maximum absolute atomic E-state index is 13.4. The number of fused-ring (bicyclic) bond motifs is 1. The van der Waals surface area contributed by atoms with E-state index in [1.54, 1.807) is 30.7 Å². The molecule has 2 atom stereocenters. The van der Waals surface area contributed by atoms with Crippen molar-refractivity contribution in [3.8, 4) is 0 Å². The molecule has 1 fully saturated rings. The van der Waals surface area contributed by atoms with Gasteiger partial charge in [-0.15, -0.1) is 0 Å². The molecule has 1 aliphatic carbocycles. The Bertz CT molecular complexity index is 1630. The highest BCUT2D eigenvalue weighted by Crippen LogP contribution is 2.69. The third kappa shape index (κ3) is 4.50. The number of carboxylic acid groups (broad SMARTS) is 4. The van der Waals surface area contributed by atoms with Crippen LogP contribution in [0.1, 0.15) is 41.4 Å². The third-order valence-corrected chi connectivity index (χ3v) is 14.1. The Balaban J connectivity index is 1.84. The van der Waals surface area contributed by atoms with Crippen LogP contribution in [0.5, 0.6) is 0 Å². The number of hydrogen-bond donors (Lipinski definition) is 4. The second-order valence-electron chi connectivity index (χ2n) is 10.2. The summed E-state index contributed by atoms with van der Waals surface area (Å²) in [5, 5.41) is 38.0. The molecule has 0 saturated carbocycles. The lowest BCUT2D eigenvalue weighted by molar-refractivity contribution is -0.153. The van der Waals surface area contributed by atoms with E-state index in [4.69, 9.17) is 4.74 Å². The number of aromatic carboxylic acids is 4. The number of benzene rings is 2. The summed E-state index contributed by atoms with van der Waals surface area (Å²) in [6, 6.07) is 7.84. The molecule has 0 bridgehead atoms. The summed E-state index contributed by atoms with van der Waals surface area (Å²) >= 11 is 0. The van der Waals surface area contributed by atoms with Gasteiger partial charge in [-0.1, -0.05) is 18.2 Å². The molecule has 2 unspecified atom stereocenters. The summed E-state index contributed by atoms with van der Waals surface area (Å²) in [7, 11) is -4.47. The third-order valence-electron chi connectivity index (χ3n) is 7.57. The molecule has 0 amide bonds. The summed E-state index contributed by atoms with van der Waals surface area (Å²) in [4.78, 5) is 74.7. The van der Waals surface area contributed by atoms with Gasteiger partial charge >= 0.3 is 35.8 Å². The van der Waals surface area contributed by atoms with Crippen LogP contribution in [-0.2, 0) is 14.3 Å². The second-order valence-corrected chi connectivity index (χ2v) is 17.6. The highest BCUT2D eigenvalue weighted by atomic mass is 32.3. The number of hydrogen-bond acceptors (Lipinski definition) is 7. The van der Waals surface area contributed by atoms with Gasteiger partial charge in [-0.25, -0.2) is 24.0 Å². The fourth-order valence-electron chi connectivity index (χ4n) is 5.10. The molecule has 216 valence electrons. The number of esters is 2. The number of cyclic esters (lactones) is 2. The first-order valence-corrected chi connectivity index (χ1v) is 16.7. The molecule has 13 heteroatoms. The van der Waals surface area contributed by atoms with Crippen LogP contribution in [0.15, 0.2) is 69.3 Å². The zero-order chi connectivity index (χ0) is 30.7. The number of ether oxygens (including phenoxy) is 1. The summed E-state index contributed by atoms with van der Waals surface area (Å²) in [6.07, 6.45) is 11.9. The monoisotopic (exact) mass is 602 g/mol. The number of rotatable bonds is 8. The van der Waals surface area contributed by atoms with Gasteiger partial charge in [0.1, 0.15) is 10.7 Å². The van der Waals surface area contributed by atoms with Crippen LogP contribution in [0.25, 0.3) is 0 Å². The number of carbonyl (C=O) groups excluding carboxylic acids is 2. The molecule has 1 heterocycles. The lowest BCUT2D eigenvalue weighted by Gasteiger charge is -2.48. The van der Waals surface area contributed by atoms with Gasteiger partial charge < -0.3 is 25.2 Å². The average Bonchev–Trinajstić information content (AvgIpc) is 3.17. The van der Waals surface area contributed by atoms with Gasteiger partial charge in [0.25, 0.3) is 0 Å². The first-order valence-electron chi connectivity index (χ1n) is 11.8. The molecule has 1 saturated heterocycles. The van der Waals surface area contributed by atoms with Gasteiger partial charge in [0.2, 0.25) is 0 Å². The highest BCUT2D eigenvalue weighted by molar-refractivity contribution is 8.36. The Hall–Kier alpha value is -4.36. The number of carboxylic acids is 4.